The number of nitrogens with zero attached hydrogens (tertiary/aromatic N) is 1. The normalized spacial score (nSPS) is 16.8. The molecular formula is C25H28F3N3O3. The van der Waals surface area contributed by atoms with Crippen molar-refractivity contribution >= 4 is 28.9 Å². The monoisotopic (exact) mass is 475 g/mol. The van der Waals surface area contributed by atoms with Crippen molar-refractivity contribution in [1.29, 1.82) is 0 Å². The van der Waals surface area contributed by atoms with Crippen molar-refractivity contribution in [2.75, 3.05) is 28.7 Å². The van der Waals surface area contributed by atoms with E-state index in [1.807, 2.05) is 6.07 Å². The fourth-order valence-corrected chi connectivity index (χ4v) is 4.66. The fraction of sp³-hybridized carbons (Fsp3) is 0.440. The first-order valence-corrected chi connectivity index (χ1v) is 11.6. The molecule has 0 bridgehead atoms. The van der Waals surface area contributed by atoms with Crippen LogP contribution in [0.15, 0.2) is 36.4 Å². The highest BCUT2D eigenvalue weighted by molar-refractivity contribution is 6.08. The third-order valence-corrected chi connectivity index (χ3v) is 6.42. The number of amides is 2. The van der Waals surface area contributed by atoms with Crippen LogP contribution in [0, 0.1) is 0 Å². The highest BCUT2D eigenvalue weighted by Gasteiger charge is 2.32. The molecule has 0 unspecified atom stereocenters. The van der Waals surface area contributed by atoms with E-state index in [9.17, 15) is 27.9 Å². The van der Waals surface area contributed by atoms with E-state index in [4.69, 9.17) is 0 Å². The van der Waals surface area contributed by atoms with Crippen LogP contribution < -0.4 is 15.5 Å². The van der Waals surface area contributed by atoms with Crippen molar-refractivity contribution in [3.05, 3.63) is 53.1 Å². The van der Waals surface area contributed by atoms with Crippen molar-refractivity contribution < 1.29 is 27.9 Å². The molecule has 2 aromatic rings. The molecule has 2 amide bonds. The Bertz CT molecular complexity index is 1070. The topological polar surface area (TPSA) is 81.7 Å². The molecule has 0 spiro atoms. The smallest absolute Gasteiger partial charge is 0.395 e. The number of benzene rings is 2. The van der Waals surface area contributed by atoms with Gasteiger partial charge in [0.05, 0.1) is 17.7 Å². The summed E-state index contributed by atoms with van der Waals surface area (Å²) < 4.78 is 40.0. The third kappa shape index (κ3) is 5.35. The van der Waals surface area contributed by atoms with Gasteiger partial charge in [0.1, 0.15) is 0 Å². The van der Waals surface area contributed by atoms with Crippen molar-refractivity contribution in [3.63, 3.8) is 0 Å². The first-order valence-electron chi connectivity index (χ1n) is 11.6. The largest absolute Gasteiger partial charge is 0.416 e. The molecule has 3 N–H and O–H groups in total. The summed E-state index contributed by atoms with van der Waals surface area (Å²) in [6.07, 6.45) is 1.18. The van der Waals surface area contributed by atoms with Crippen LogP contribution in [0.2, 0.25) is 0 Å². The minimum absolute atomic E-state index is 0.0191. The van der Waals surface area contributed by atoms with Gasteiger partial charge in [-0.1, -0.05) is 25.3 Å². The molecule has 1 aliphatic heterocycles. The Kier molecular flexibility index (Phi) is 7.11. The summed E-state index contributed by atoms with van der Waals surface area (Å²) in [5.41, 5.74) is 1.45. The Hall–Kier alpha value is -3.07. The maximum atomic E-state index is 13.3. The zero-order valence-corrected chi connectivity index (χ0v) is 18.8. The maximum absolute atomic E-state index is 13.3. The number of alkyl halides is 3. The number of anilines is 3. The first-order chi connectivity index (χ1) is 16.3. The lowest BCUT2D eigenvalue weighted by atomic mass is 9.94. The van der Waals surface area contributed by atoms with Gasteiger partial charge in [-0.05, 0) is 55.2 Å². The number of halogens is 3. The summed E-state index contributed by atoms with van der Waals surface area (Å²) in [6.45, 7) is -0.0406. The van der Waals surface area contributed by atoms with Crippen LogP contribution in [-0.4, -0.2) is 36.1 Å². The van der Waals surface area contributed by atoms with Crippen molar-refractivity contribution in [2.24, 2.45) is 0 Å². The predicted octanol–water partition coefficient (Wildman–Crippen LogP) is 4.97. The minimum Gasteiger partial charge on any atom is -0.395 e. The molecule has 6 nitrogen and oxygen atoms in total. The standard InChI is InChI=1S/C25H28F3N3O3/c26-25(27,28)17-8-10-20(21(14-17)29-18-4-2-1-3-5-18)24(34)30-19-9-6-16-7-11-23(33)31(12-13-32)22(16)15-19/h6,8-10,14-15,18,29,32H,1-5,7,11-13H2,(H,30,34). The van der Waals surface area contributed by atoms with Crippen LogP contribution in [0.5, 0.6) is 0 Å². The second-order valence-corrected chi connectivity index (χ2v) is 8.80. The van der Waals surface area contributed by atoms with Gasteiger partial charge < -0.3 is 20.6 Å². The fourth-order valence-electron chi connectivity index (χ4n) is 4.66. The zero-order chi connectivity index (χ0) is 24.3. The number of hydrogen-bond acceptors (Lipinski definition) is 4. The number of hydrogen-bond donors (Lipinski definition) is 3. The van der Waals surface area contributed by atoms with Gasteiger partial charge in [0.25, 0.3) is 5.91 Å². The lowest BCUT2D eigenvalue weighted by Crippen LogP contribution is -2.37. The summed E-state index contributed by atoms with van der Waals surface area (Å²) >= 11 is 0. The Morgan fingerprint density at radius 2 is 1.82 bits per heavy atom. The molecule has 34 heavy (non-hydrogen) atoms. The van der Waals surface area contributed by atoms with E-state index in [0.29, 0.717) is 24.2 Å². The average Bonchev–Trinajstić information content (AvgIpc) is 2.81. The molecule has 182 valence electrons. The van der Waals surface area contributed by atoms with E-state index in [1.165, 1.54) is 11.0 Å². The molecule has 1 saturated carbocycles. The quantitative estimate of drug-likeness (QED) is 0.551. The summed E-state index contributed by atoms with van der Waals surface area (Å²) in [6, 6.07) is 8.32. The Balaban J connectivity index is 1.60. The molecule has 0 aromatic heterocycles. The number of nitrogens with one attached hydrogen (secondary N) is 2. The molecule has 1 aliphatic carbocycles. The van der Waals surface area contributed by atoms with Gasteiger partial charge in [0.2, 0.25) is 5.91 Å². The van der Waals surface area contributed by atoms with Crippen LogP contribution in [0.3, 0.4) is 0 Å². The maximum Gasteiger partial charge on any atom is 0.416 e. The summed E-state index contributed by atoms with van der Waals surface area (Å²) in [5.74, 6) is -0.644. The summed E-state index contributed by atoms with van der Waals surface area (Å²) in [4.78, 5) is 26.9. The van der Waals surface area contributed by atoms with E-state index in [-0.39, 0.29) is 36.4 Å². The Morgan fingerprint density at radius 1 is 1.06 bits per heavy atom. The van der Waals surface area contributed by atoms with E-state index in [2.05, 4.69) is 10.6 Å². The molecule has 2 aliphatic rings. The van der Waals surface area contributed by atoms with E-state index >= 15 is 0 Å². The second-order valence-electron chi connectivity index (χ2n) is 8.80. The second kappa shape index (κ2) is 10.0. The van der Waals surface area contributed by atoms with Crippen LogP contribution in [0.4, 0.5) is 30.2 Å². The summed E-state index contributed by atoms with van der Waals surface area (Å²) in [7, 11) is 0. The molecule has 0 atom stereocenters. The molecule has 9 heteroatoms. The first kappa shape index (κ1) is 24.1. The minimum atomic E-state index is -4.51. The number of carbonyl (C=O) groups is 2. The molecule has 4 rings (SSSR count). The molecule has 1 fully saturated rings. The van der Waals surface area contributed by atoms with Gasteiger partial charge in [-0.3, -0.25) is 9.59 Å². The Labute approximate surface area is 196 Å². The number of aliphatic hydroxyl groups excluding tert-OH is 1. The van der Waals surface area contributed by atoms with Crippen LogP contribution in [-0.2, 0) is 17.4 Å². The molecular weight excluding hydrogens is 447 g/mol. The van der Waals surface area contributed by atoms with Crippen LogP contribution in [0.1, 0.15) is 60.0 Å². The molecule has 2 aromatic carbocycles. The van der Waals surface area contributed by atoms with Crippen molar-refractivity contribution in [1.82, 2.24) is 0 Å². The predicted molar refractivity (Wildman–Crippen MR) is 124 cm³/mol. The van der Waals surface area contributed by atoms with E-state index < -0.39 is 17.6 Å². The van der Waals surface area contributed by atoms with E-state index in [0.717, 1.165) is 49.8 Å². The van der Waals surface area contributed by atoms with Gasteiger partial charge in [-0.2, -0.15) is 13.2 Å². The lowest BCUT2D eigenvalue weighted by Gasteiger charge is -2.29. The number of β-amino-alcohol motifs (C(OH)–C–C–N with tert-alkyl or cyclic N) is 1. The third-order valence-electron chi connectivity index (χ3n) is 6.42. The van der Waals surface area contributed by atoms with Gasteiger partial charge in [0, 0.05) is 36.1 Å². The summed E-state index contributed by atoms with van der Waals surface area (Å²) in [5, 5.41) is 15.2. The number of aryl methyl sites for hydroxylation is 1. The SMILES string of the molecule is O=C(Nc1ccc2c(c1)N(CCO)C(=O)CC2)c1ccc(C(F)(F)F)cc1NC1CCCCC1. The van der Waals surface area contributed by atoms with Crippen LogP contribution in [0.25, 0.3) is 0 Å². The number of fused-ring (bicyclic) bond motifs is 1. The zero-order valence-electron chi connectivity index (χ0n) is 18.8. The van der Waals surface area contributed by atoms with Gasteiger partial charge in [-0.15, -0.1) is 0 Å². The van der Waals surface area contributed by atoms with Gasteiger partial charge >= 0.3 is 6.18 Å². The molecule has 1 heterocycles. The van der Waals surface area contributed by atoms with Crippen molar-refractivity contribution in [3.8, 4) is 0 Å². The Morgan fingerprint density at radius 3 is 2.53 bits per heavy atom. The number of carbonyl (C=O) groups excluding carboxylic acids is 2. The average molecular weight is 476 g/mol. The van der Waals surface area contributed by atoms with Gasteiger partial charge in [0.15, 0.2) is 0 Å². The lowest BCUT2D eigenvalue weighted by molar-refractivity contribution is -0.137. The van der Waals surface area contributed by atoms with Gasteiger partial charge in [-0.25, -0.2) is 0 Å². The molecule has 0 saturated heterocycles. The number of rotatable bonds is 6. The van der Waals surface area contributed by atoms with Crippen LogP contribution >= 0.6 is 0 Å². The van der Waals surface area contributed by atoms with E-state index in [1.54, 1.807) is 12.1 Å². The molecule has 0 radical (unpaired) electrons. The number of aliphatic hydroxyl groups is 1. The highest BCUT2D eigenvalue weighted by atomic mass is 19.4. The highest BCUT2D eigenvalue weighted by Crippen LogP contribution is 2.35. The van der Waals surface area contributed by atoms with Crippen molar-refractivity contribution in [2.45, 2.75) is 57.2 Å².